The summed E-state index contributed by atoms with van der Waals surface area (Å²) in [7, 11) is 0. The summed E-state index contributed by atoms with van der Waals surface area (Å²) in [5.41, 5.74) is 1.51. The molecule has 0 aliphatic rings. The van der Waals surface area contributed by atoms with Crippen molar-refractivity contribution in [2.75, 3.05) is 6.54 Å². The Balaban J connectivity index is 1.75. The Morgan fingerprint density at radius 3 is 2.77 bits per heavy atom. The molecular weight excluding hydrogens is 280 g/mol. The first-order chi connectivity index (χ1) is 10.3. The lowest BCUT2D eigenvalue weighted by Gasteiger charge is -2.21. The summed E-state index contributed by atoms with van der Waals surface area (Å²) in [6, 6.07) is 8.03. The van der Waals surface area contributed by atoms with Gasteiger partial charge in [0.15, 0.2) is 0 Å². The molecule has 2 aromatic rings. The van der Waals surface area contributed by atoms with E-state index in [2.05, 4.69) is 20.6 Å². The predicted molar refractivity (Wildman–Crippen MR) is 86.6 cm³/mol. The second-order valence-electron chi connectivity index (χ2n) is 6.37. The molecule has 2 rings (SSSR count). The number of hydrogen-bond acceptors (Lipinski definition) is 4. The first-order valence-electron chi connectivity index (χ1n) is 7.47. The SMILES string of the molecule is CC(CNC(=O)OC(C)(C)C)NCc1nc2ccccc2[nH]1. The van der Waals surface area contributed by atoms with E-state index in [4.69, 9.17) is 4.74 Å². The van der Waals surface area contributed by atoms with Gasteiger partial charge in [-0.25, -0.2) is 9.78 Å². The molecule has 0 fully saturated rings. The topological polar surface area (TPSA) is 79.0 Å². The number of nitrogens with one attached hydrogen (secondary N) is 3. The fraction of sp³-hybridized carbons (Fsp3) is 0.500. The number of nitrogens with zero attached hydrogens (tertiary/aromatic N) is 1. The normalized spacial score (nSPS) is 13.1. The van der Waals surface area contributed by atoms with E-state index in [-0.39, 0.29) is 6.04 Å². The van der Waals surface area contributed by atoms with Gasteiger partial charge in [0, 0.05) is 12.6 Å². The molecule has 3 N–H and O–H groups in total. The Bertz CT molecular complexity index is 597. The summed E-state index contributed by atoms with van der Waals surface area (Å²) in [6.07, 6.45) is -0.398. The highest BCUT2D eigenvalue weighted by Gasteiger charge is 2.16. The summed E-state index contributed by atoms with van der Waals surface area (Å²) in [4.78, 5) is 19.3. The molecular formula is C16H24N4O2. The lowest BCUT2D eigenvalue weighted by Crippen LogP contribution is -2.41. The Morgan fingerprint density at radius 2 is 2.09 bits per heavy atom. The van der Waals surface area contributed by atoms with Crippen LogP contribution in [0.5, 0.6) is 0 Å². The van der Waals surface area contributed by atoms with Crippen LogP contribution in [0.3, 0.4) is 0 Å². The van der Waals surface area contributed by atoms with E-state index in [1.165, 1.54) is 0 Å². The molecule has 0 saturated carbocycles. The van der Waals surface area contributed by atoms with E-state index in [0.29, 0.717) is 13.1 Å². The first-order valence-corrected chi connectivity index (χ1v) is 7.47. The average Bonchev–Trinajstić information content (AvgIpc) is 2.84. The second-order valence-corrected chi connectivity index (χ2v) is 6.37. The molecule has 1 heterocycles. The largest absolute Gasteiger partial charge is 0.444 e. The average molecular weight is 304 g/mol. The van der Waals surface area contributed by atoms with Gasteiger partial charge < -0.3 is 20.4 Å². The van der Waals surface area contributed by atoms with Crippen molar-refractivity contribution >= 4 is 17.1 Å². The van der Waals surface area contributed by atoms with E-state index in [0.717, 1.165) is 16.9 Å². The third-order valence-electron chi connectivity index (χ3n) is 3.01. The molecule has 0 aliphatic heterocycles. The summed E-state index contributed by atoms with van der Waals surface area (Å²) < 4.78 is 5.19. The van der Waals surface area contributed by atoms with Gasteiger partial charge in [-0.15, -0.1) is 0 Å². The van der Waals surface area contributed by atoms with Crippen molar-refractivity contribution in [3.8, 4) is 0 Å². The van der Waals surface area contributed by atoms with Crippen LogP contribution in [0.1, 0.15) is 33.5 Å². The van der Waals surface area contributed by atoms with Gasteiger partial charge in [-0.05, 0) is 39.8 Å². The van der Waals surface area contributed by atoms with E-state index >= 15 is 0 Å². The van der Waals surface area contributed by atoms with E-state index in [1.54, 1.807) is 0 Å². The van der Waals surface area contributed by atoms with Crippen molar-refractivity contribution in [2.24, 2.45) is 0 Å². The highest BCUT2D eigenvalue weighted by Crippen LogP contribution is 2.10. The monoisotopic (exact) mass is 304 g/mol. The van der Waals surface area contributed by atoms with E-state index in [9.17, 15) is 4.79 Å². The smallest absolute Gasteiger partial charge is 0.407 e. The molecule has 1 atom stereocenters. The van der Waals surface area contributed by atoms with Gasteiger partial charge in [0.2, 0.25) is 0 Å². The minimum atomic E-state index is -0.477. The van der Waals surface area contributed by atoms with Gasteiger partial charge in [-0.2, -0.15) is 0 Å². The Morgan fingerprint density at radius 1 is 1.36 bits per heavy atom. The fourth-order valence-corrected chi connectivity index (χ4v) is 1.98. The number of amides is 1. The number of aromatic amines is 1. The number of carbonyl (C=O) groups is 1. The number of ether oxygens (including phenoxy) is 1. The minimum Gasteiger partial charge on any atom is -0.444 e. The second kappa shape index (κ2) is 6.79. The lowest BCUT2D eigenvalue weighted by molar-refractivity contribution is 0.0523. The summed E-state index contributed by atoms with van der Waals surface area (Å²) in [5.74, 6) is 0.880. The Labute approximate surface area is 130 Å². The Kier molecular flexibility index (Phi) is 5.03. The van der Waals surface area contributed by atoms with Gasteiger partial charge in [-0.3, -0.25) is 0 Å². The highest BCUT2D eigenvalue weighted by atomic mass is 16.6. The van der Waals surface area contributed by atoms with Gasteiger partial charge in [0.05, 0.1) is 17.6 Å². The molecule has 0 bridgehead atoms. The molecule has 1 aromatic carbocycles. The van der Waals surface area contributed by atoms with Crippen LogP contribution < -0.4 is 10.6 Å². The first kappa shape index (κ1) is 16.3. The number of rotatable bonds is 5. The standard InChI is InChI=1S/C16H24N4O2/c1-11(9-18-15(21)22-16(2,3)4)17-10-14-19-12-7-5-6-8-13(12)20-14/h5-8,11,17H,9-10H2,1-4H3,(H,18,21)(H,19,20). The molecule has 0 aliphatic carbocycles. The summed E-state index contributed by atoms with van der Waals surface area (Å²) in [5, 5.41) is 6.06. The molecule has 22 heavy (non-hydrogen) atoms. The summed E-state index contributed by atoms with van der Waals surface area (Å²) >= 11 is 0. The van der Waals surface area contributed by atoms with Crippen molar-refractivity contribution in [1.82, 2.24) is 20.6 Å². The highest BCUT2D eigenvalue weighted by molar-refractivity contribution is 5.74. The molecule has 6 nitrogen and oxygen atoms in total. The number of alkyl carbamates (subject to hydrolysis) is 1. The molecule has 6 heteroatoms. The summed E-state index contributed by atoms with van der Waals surface area (Å²) in [6.45, 7) is 8.64. The van der Waals surface area contributed by atoms with Crippen LogP contribution in [0.25, 0.3) is 11.0 Å². The molecule has 0 radical (unpaired) electrons. The van der Waals surface area contributed by atoms with Crippen LogP contribution in [0.4, 0.5) is 4.79 Å². The van der Waals surface area contributed by atoms with Crippen molar-refractivity contribution < 1.29 is 9.53 Å². The maximum Gasteiger partial charge on any atom is 0.407 e. The predicted octanol–water partition coefficient (Wildman–Crippen LogP) is 2.57. The maximum atomic E-state index is 11.6. The maximum absolute atomic E-state index is 11.6. The number of H-pyrrole nitrogens is 1. The molecule has 1 unspecified atom stereocenters. The van der Waals surface area contributed by atoms with Gasteiger partial charge in [0.25, 0.3) is 0 Å². The quantitative estimate of drug-likeness (QED) is 0.793. The number of carbonyl (C=O) groups excluding carboxylic acids is 1. The molecule has 1 aromatic heterocycles. The van der Waals surface area contributed by atoms with Crippen LogP contribution >= 0.6 is 0 Å². The third-order valence-corrected chi connectivity index (χ3v) is 3.01. The molecule has 0 spiro atoms. The van der Waals surface area contributed by atoms with E-state index < -0.39 is 11.7 Å². The number of hydrogen-bond donors (Lipinski definition) is 3. The van der Waals surface area contributed by atoms with Crippen LogP contribution in [0.15, 0.2) is 24.3 Å². The van der Waals surface area contributed by atoms with Crippen molar-refractivity contribution in [2.45, 2.75) is 45.9 Å². The van der Waals surface area contributed by atoms with Crippen molar-refractivity contribution in [3.63, 3.8) is 0 Å². The number of benzene rings is 1. The van der Waals surface area contributed by atoms with Crippen LogP contribution in [0, 0.1) is 0 Å². The van der Waals surface area contributed by atoms with Crippen molar-refractivity contribution in [3.05, 3.63) is 30.1 Å². The van der Waals surface area contributed by atoms with E-state index in [1.807, 2.05) is 52.0 Å². The van der Waals surface area contributed by atoms with Crippen molar-refractivity contribution in [1.29, 1.82) is 0 Å². The fourth-order valence-electron chi connectivity index (χ4n) is 1.98. The Hall–Kier alpha value is -2.08. The minimum absolute atomic E-state index is 0.112. The lowest BCUT2D eigenvalue weighted by atomic mass is 10.2. The molecule has 120 valence electrons. The third kappa shape index (κ3) is 5.04. The van der Waals surface area contributed by atoms with Gasteiger partial charge >= 0.3 is 6.09 Å². The number of aromatic nitrogens is 2. The number of imidazole rings is 1. The van der Waals surface area contributed by atoms with Crippen LogP contribution in [0.2, 0.25) is 0 Å². The number of fused-ring (bicyclic) bond motifs is 1. The zero-order valence-corrected chi connectivity index (χ0v) is 13.6. The number of para-hydroxylation sites is 2. The zero-order valence-electron chi connectivity index (χ0n) is 13.6. The van der Waals surface area contributed by atoms with Crippen LogP contribution in [-0.4, -0.2) is 34.2 Å². The van der Waals surface area contributed by atoms with Gasteiger partial charge in [0.1, 0.15) is 11.4 Å². The zero-order chi connectivity index (χ0) is 16.2. The molecule has 1 amide bonds. The van der Waals surface area contributed by atoms with Gasteiger partial charge in [-0.1, -0.05) is 12.1 Å². The molecule has 0 saturated heterocycles. The van der Waals surface area contributed by atoms with Crippen LogP contribution in [-0.2, 0) is 11.3 Å².